The molecule has 0 saturated carbocycles. The molecule has 0 spiro atoms. The number of carbonyl (C=O) groups excluding carboxylic acids is 2. The van der Waals surface area contributed by atoms with Gasteiger partial charge < -0.3 is 10.6 Å². The maximum Gasteiger partial charge on any atom is 0.251 e. The second kappa shape index (κ2) is 7.56. The second-order valence-electron chi connectivity index (χ2n) is 4.60. The van der Waals surface area contributed by atoms with Crippen molar-refractivity contribution < 1.29 is 14.0 Å². The van der Waals surface area contributed by atoms with Crippen LogP contribution in [0, 0.1) is 5.82 Å². The van der Waals surface area contributed by atoms with E-state index in [9.17, 15) is 14.0 Å². The molecule has 0 heterocycles. The van der Waals surface area contributed by atoms with Crippen molar-refractivity contribution in [3.63, 3.8) is 0 Å². The lowest BCUT2D eigenvalue weighted by molar-refractivity contribution is -0.120. The monoisotopic (exact) mass is 320 g/mol. The summed E-state index contributed by atoms with van der Waals surface area (Å²) in [4.78, 5) is 23.5. The topological polar surface area (TPSA) is 58.2 Å². The minimum atomic E-state index is -0.376. The Morgan fingerprint density at radius 3 is 2.45 bits per heavy atom. The predicted octanol–water partition coefficient (Wildman–Crippen LogP) is 2.53. The van der Waals surface area contributed by atoms with Crippen molar-refractivity contribution in [1.82, 2.24) is 10.6 Å². The van der Waals surface area contributed by atoms with Crippen molar-refractivity contribution in [1.29, 1.82) is 0 Å². The van der Waals surface area contributed by atoms with Gasteiger partial charge in [0.2, 0.25) is 5.91 Å². The molecule has 2 aromatic rings. The molecule has 114 valence electrons. The fourth-order valence-electron chi connectivity index (χ4n) is 1.76. The number of hydrogen-bond acceptors (Lipinski definition) is 2. The van der Waals surface area contributed by atoms with Crippen LogP contribution in [-0.4, -0.2) is 18.4 Å². The van der Waals surface area contributed by atoms with E-state index in [1.165, 1.54) is 18.2 Å². The molecule has 0 aliphatic rings. The first kappa shape index (κ1) is 16.0. The molecule has 0 atom stereocenters. The van der Waals surface area contributed by atoms with Gasteiger partial charge in [-0.05, 0) is 35.9 Å². The molecule has 0 fully saturated rings. The first-order valence-electron chi connectivity index (χ1n) is 6.59. The zero-order chi connectivity index (χ0) is 15.9. The third kappa shape index (κ3) is 4.86. The molecule has 0 bridgehead atoms. The molecule has 0 unspecified atom stereocenters. The Morgan fingerprint density at radius 1 is 1.05 bits per heavy atom. The SMILES string of the molecule is O=C(CNC(=O)c1cccc(Cl)c1)NCc1ccc(F)cc1. The molecule has 2 N–H and O–H groups in total. The number of carbonyl (C=O) groups is 2. The number of rotatable bonds is 5. The standard InChI is InChI=1S/C16H14ClFN2O2/c17-13-3-1-2-12(8-13)16(22)20-10-15(21)19-9-11-4-6-14(18)7-5-11/h1-8H,9-10H2,(H,19,21)(H,20,22). The molecule has 0 aromatic heterocycles. The van der Waals surface area contributed by atoms with Gasteiger partial charge >= 0.3 is 0 Å². The Kier molecular flexibility index (Phi) is 5.49. The average molecular weight is 321 g/mol. The Morgan fingerprint density at radius 2 is 1.77 bits per heavy atom. The van der Waals surface area contributed by atoms with E-state index >= 15 is 0 Å². The lowest BCUT2D eigenvalue weighted by Crippen LogP contribution is -2.36. The van der Waals surface area contributed by atoms with Crippen LogP contribution < -0.4 is 10.6 Å². The summed E-state index contributed by atoms with van der Waals surface area (Å²) < 4.78 is 12.7. The van der Waals surface area contributed by atoms with Crippen molar-refractivity contribution in [3.05, 3.63) is 70.5 Å². The summed E-state index contributed by atoms with van der Waals surface area (Å²) in [5.41, 5.74) is 1.16. The zero-order valence-electron chi connectivity index (χ0n) is 11.6. The predicted molar refractivity (Wildman–Crippen MR) is 82.0 cm³/mol. The largest absolute Gasteiger partial charge is 0.350 e. The summed E-state index contributed by atoms with van der Waals surface area (Å²) in [5.74, 6) is -1.04. The normalized spacial score (nSPS) is 10.1. The summed E-state index contributed by atoms with van der Waals surface area (Å²) >= 11 is 5.79. The van der Waals surface area contributed by atoms with Crippen molar-refractivity contribution in [3.8, 4) is 0 Å². The lowest BCUT2D eigenvalue weighted by atomic mass is 10.2. The fourth-order valence-corrected chi connectivity index (χ4v) is 1.95. The molecule has 2 rings (SSSR count). The van der Waals surface area contributed by atoms with Crippen molar-refractivity contribution in [2.45, 2.75) is 6.54 Å². The van der Waals surface area contributed by atoms with Gasteiger partial charge in [0, 0.05) is 17.1 Å². The summed E-state index contributed by atoms with van der Waals surface area (Å²) in [7, 11) is 0. The number of benzene rings is 2. The van der Waals surface area contributed by atoms with E-state index in [0.717, 1.165) is 5.56 Å². The molecule has 0 saturated heterocycles. The Labute approximate surface area is 132 Å². The zero-order valence-corrected chi connectivity index (χ0v) is 12.4. The van der Waals surface area contributed by atoms with E-state index in [0.29, 0.717) is 10.6 Å². The molecule has 4 nitrogen and oxygen atoms in total. The van der Waals surface area contributed by atoms with Crippen molar-refractivity contribution >= 4 is 23.4 Å². The molecular weight excluding hydrogens is 307 g/mol. The Hall–Kier alpha value is -2.40. The Bertz CT molecular complexity index is 674. The molecule has 2 aromatic carbocycles. The van der Waals surface area contributed by atoms with Crippen LogP contribution in [-0.2, 0) is 11.3 Å². The van der Waals surface area contributed by atoms with Gasteiger partial charge in [0.1, 0.15) is 5.82 Å². The van der Waals surface area contributed by atoms with Gasteiger partial charge in [0.25, 0.3) is 5.91 Å². The summed E-state index contributed by atoms with van der Waals surface area (Å²) in [6, 6.07) is 12.3. The maximum absolute atomic E-state index is 12.7. The van der Waals surface area contributed by atoms with Crippen LogP contribution in [0.2, 0.25) is 5.02 Å². The third-order valence-corrected chi connectivity index (χ3v) is 3.13. The van der Waals surface area contributed by atoms with E-state index in [4.69, 9.17) is 11.6 Å². The Balaban J connectivity index is 1.78. The van der Waals surface area contributed by atoms with Crippen LogP contribution >= 0.6 is 11.6 Å². The highest BCUT2D eigenvalue weighted by Gasteiger charge is 2.08. The minimum absolute atomic E-state index is 0.146. The summed E-state index contributed by atoms with van der Waals surface area (Å²) in [5, 5.41) is 5.59. The molecule has 0 radical (unpaired) electrons. The van der Waals surface area contributed by atoms with Crippen LogP contribution in [0.5, 0.6) is 0 Å². The molecular formula is C16H14ClFN2O2. The summed E-state index contributed by atoms with van der Waals surface area (Å²) in [6.07, 6.45) is 0. The number of hydrogen-bond donors (Lipinski definition) is 2. The molecule has 0 aliphatic carbocycles. The average Bonchev–Trinajstić information content (AvgIpc) is 2.52. The van der Waals surface area contributed by atoms with Crippen LogP contribution in [0.25, 0.3) is 0 Å². The van der Waals surface area contributed by atoms with E-state index in [2.05, 4.69) is 10.6 Å². The highest BCUT2D eigenvalue weighted by Crippen LogP contribution is 2.10. The van der Waals surface area contributed by atoms with E-state index in [1.54, 1.807) is 30.3 Å². The molecule has 0 aliphatic heterocycles. The van der Waals surface area contributed by atoms with Gasteiger partial charge in [-0.3, -0.25) is 9.59 Å². The quantitative estimate of drug-likeness (QED) is 0.889. The molecule has 6 heteroatoms. The van der Waals surface area contributed by atoms with Crippen molar-refractivity contribution in [2.24, 2.45) is 0 Å². The lowest BCUT2D eigenvalue weighted by Gasteiger charge is -2.07. The van der Waals surface area contributed by atoms with E-state index in [-0.39, 0.29) is 30.7 Å². The first-order valence-corrected chi connectivity index (χ1v) is 6.97. The molecule has 2 amide bonds. The molecule has 22 heavy (non-hydrogen) atoms. The van der Waals surface area contributed by atoms with Gasteiger partial charge in [-0.15, -0.1) is 0 Å². The van der Waals surface area contributed by atoms with Gasteiger partial charge in [-0.2, -0.15) is 0 Å². The van der Waals surface area contributed by atoms with E-state index in [1.807, 2.05) is 0 Å². The summed E-state index contributed by atoms with van der Waals surface area (Å²) in [6.45, 7) is 0.124. The number of amides is 2. The third-order valence-electron chi connectivity index (χ3n) is 2.90. The maximum atomic E-state index is 12.7. The first-order chi connectivity index (χ1) is 10.5. The van der Waals surface area contributed by atoms with Gasteiger partial charge in [0.15, 0.2) is 0 Å². The van der Waals surface area contributed by atoms with Crippen LogP contribution in [0.1, 0.15) is 15.9 Å². The minimum Gasteiger partial charge on any atom is -0.350 e. The van der Waals surface area contributed by atoms with Crippen LogP contribution in [0.15, 0.2) is 48.5 Å². The highest BCUT2D eigenvalue weighted by atomic mass is 35.5. The second-order valence-corrected chi connectivity index (χ2v) is 5.03. The van der Waals surface area contributed by atoms with Crippen molar-refractivity contribution in [2.75, 3.05) is 6.54 Å². The number of nitrogens with one attached hydrogen (secondary N) is 2. The fraction of sp³-hybridized carbons (Fsp3) is 0.125. The smallest absolute Gasteiger partial charge is 0.251 e. The van der Waals surface area contributed by atoms with Crippen LogP contribution in [0.4, 0.5) is 4.39 Å². The highest BCUT2D eigenvalue weighted by molar-refractivity contribution is 6.30. The number of halogens is 2. The van der Waals surface area contributed by atoms with E-state index < -0.39 is 0 Å². The van der Waals surface area contributed by atoms with Crippen LogP contribution in [0.3, 0.4) is 0 Å². The van der Waals surface area contributed by atoms with Gasteiger partial charge in [-0.25, -0.2) is 4.39 Å². The van der Waals surface area contributed by atoms with Gasteiger partial charge in [-0.1, -0.05) is 29.8 Å². The van der Waals surface area contributed by atoms with Gasteiger partial charge in [0.05, 0.1) is 6.54 Å².